The Morgan fingerprint density at radius 3 is 2.47 bits per heavy atom. The zero-order valence-corrected chi connectivity index (χ0v) is 18.5. The summed E-state index contributed by atoms with van der Waals surface area (Å²) in [5, 5.41) is 24.5. The van der Waals surface area contributed by atoms with Crippen molar-refractivity contribution in [1.82, 2.24) is 4.98 Å². The summed E-state index contributed by atoms with van der Waals surface area (Å²) in [6.45, 7) is 0. The lowest BCUT2D eigenvalue weighted by Crippen LogP contribution is -2.15. The zero-order chi connectivity index (χ0) is 24.1. The standard InChI is InChI=1S/C25H18N4O4S/c26-13-15-9-10-19(18(11-15)25(32)33)29-24(31)21-12-16-5-4-8-20(23(16)28-21)27-22(30)14-34-17-6-2-1-3-7-17/h1-12,28H,14H2,(H,27,30)(H,29,31)(H,32,33). The fourth-order valence-electron chi connectivity index (χ4n) is 3.32. The predicted octanol–water partition coefficient (Wildman–Crippen LogP) is 4.72. The van der Waals surface area contributed by atoms with E-state index in [0.717, 1.165) is 4.90 Å². The molecule has 1 heterocycles. The highest BCUT2D eigenvalue weighted by molar-refractivity contribution is 8.00. The van der Waals surface area contributed by atoms with Crippen LogP contribution in [-0.2, 0) is 4.79 Å². The molecule has 0 bridgehead atoms. The molecule has 8 nitrogen and oxygen atoms in total. The number of aromatic carboxylic acids is 1. The van der Waals surface area contributed by atoms with Gasteiger partial charge in [0.15, 0.2) is 0 Å². The van der Waals surface area contributed by atoms with Crippen LogP contribution in [0.15, 0.2) is 77.7 Å². The molecule has 0 unspecified atom stereocenters. The van der Waals surface area contributed by atoms with Crippen molar-refractivity contribution in [3.8, 4) is 6.07 Å². The van der Waals surface area contributed by atoms with Crippen LogP contribution in [0.25, 0.3) is 10.9 Å². The topological polar surface area (TPSA) is 135 Å². The molecule has 2 amide bonds. The van der Waals surface area contributed by atoms with Crippen molar-refractivity contribution < 1.29 is 19.5 Å². The molecule has 0 aliphatic carbocycles. The molecule has 0 fully saturated rings. The Hall–Kier alpha value is -4.55. The van der Waals surface area contributed by atoms with E-state index >= 15 is 0 Å². The monoisotopic (exact) mass is 470 g/mol. The fourth-order valence-corrected chi connectivity index (χ4v) is 4.04. The smallest absolute Gasteiger partial charge is 0.337 e. The molecule has 0 atom stereocenters. The molecule has 4 rings (SSSR count). The van der Waals surface area contributed by atoms with Gasteiger partial charge in [0.2, 0.25) is 5.91 Å². The maximum atomic E-state index is 12.8. The third kappa shape index (κ3) is 5.09. The minimum atomic E-state index is -1.26. The molecule has 0 radical (unpaired) electrons. The summed E-state index contributed by atoms with van der Waals surface area (Å²) in [4.78, 5) is 40.8. The van der Waals surface area contributed by atoms with Crippen molar-refractivity contribution >= 4 is 51.8 Å². The van der Waals surface area contributed by atoms with Crippen LogP contribution in [0.4, 0.5) is 11.4 Å². The van der Waals surface area contributed by atoms with E-state index in [1.54, 1.807) is 24.3 Å². The van der Waals surface area contributed by atoms with Gasteiger partial charge in [0, 0.05) is 10.3 Å². The van der Waals surface area contributed by atoms with E-state index in [1.807, 2.05) is 36.4 Å². The maximum Gasteiger partial charge on any atom is 0.337 e. The number of rotatable bonds is 7. The van der Waals surface area contributed by atoms with Gasteiger partial charge in [-0.3, -0.25) is 9.59 Å². The third-order valence-corrected chi connectivity index (χ3v) is 5.93. The second kappa shape index (κ2) is 9.94. The number of amides is 2. The Labute approximate surface area is 198 Å². The Bertz CT molecular complexity index is 1440. The summed E-state index contributed by atoms with van der Waals surface area (Å²) in [6, 6.07) is 22.4. The molecule has 0 aliphatic rings. The number of thioether (sulfide) groups is 1. The summed E-state index contributed by atoms with van der Waals surface area (Å²) in [5.41, 5.74) is 1.35. The number of para-hydroxylation sites is 1. The number of hydrogen-bond acceptors (Lipinski definition) is 5. The summed E-state index contributed by atoms with van der Waals surface area (Å²) >= 11 is 1.42. The quantitative estimate of drug-likeness (QED) is 0.289. The van der Waals surface area contributed by atoms with Crippen LogP contribution in [0.1, 0.15) is 26.4 Å². The Kier molecular flexibility index (Phi) is 6.62. The highest BCUT2D eigenvalue weighted by atomic mass is 32.2. The number of aromatic nitrogens is 1. The summed E-state index contributed by atoms with van der Waals surface area (Å²) in [6.07, 6.45) is 0. The van der Waals surface area contributed by atoms with Crippen molar-refractivity contribution in [2.24, 2.45) is 0 Å². The lowest BCUT2D eigenvalue weighted by molar-refractivity contribution is -0.113. The van der Waals surface area contributed by atoms with E-state index in [1.165, 1.54) is 30.0 Å². The van der Waals surface area contributed by atoms with Gasteiger partial charge in [0.1, 0.15) is 5.69 Å². The molecule has 0 spiro atoms. The second-order valence-corrected chi connectivity index (χ2v) is 8.28. The molecule has 34 heavy (non-hydrogen) atoms. The van der Waals surface area contributed by atoms with Gasteiger partial charge in [-0.1, -0.05) is 30.3 Å². The number of carbonyl (C=O) groups excluding carboxylic acids is 2. The van der Waals surface area contributed by atoms with E-state index in [2.05, 4.69) is 15.6 Å². The predicted molar refractivity (Wildman–Crippen MR) is 130 cm³/mol. The van der Waals surface area contributed by atoms with Gasteiger partial charge < -0.3 is 20.7 Å². The van der Waals surface area contributed by atoms with Gasteiger partial charge in [-0.05, 0) is 42.5 Å². The zero-order valence-electron chi connectivity index (χ0n) is 17.7. The number of hydrogen-bond donors (Lipinski definition) is 4. The Morgan fingerprint density at radius 1 is 0.941 bits per heavy atom. The number of carboxylic acids is 1. The van der Waals surface area contributed by atoms with Crippen molar-refractivity contribution in [2.45, 2.75) is 4.90 Å². The molecule has 0 aliphatic heterocycles. The van der Waals surface area contributed by atoms with Crippen LogP contribution >= 0.6 is 11.8 Å². The molecule has 1 aromatic heterocycles. The highest BCUT2D eigenvalue weighted by Gasteiger charge is 2.17. The lowest BCUT2D eigenvalue weighted by atomic mass is 10.1. The van der Waals surface area contributed by atoms with Gasteiger partial charge in [0.25, 0.3) is 5.91 Å². The minimum Gasteiger partial charge on any atom is -0.478 e. The molecule has 3 aromatic carbocycles. The average Bonchev–Trinajstić information content (AvgIpc) is 3.29. The SMILES string of the molecule is N#Cc1ccc(NC(=O)c2cc3cccc(NC(=O)CSc4ccccc4)c3[nH]2)c(C(=O)O)c1. The van der Waals surface area contributed by atoms with Gasteiger partial charge in [-0.25, -0.2) is 4.79 Å². The minimum absolute atomic E-state index is 0.0709. The van der Waals surface area contributed by atoms with Gasteiger partial charge >= 0.3 is 5.97 Å². The fraction of sp³-hybridized carbons (Fsp3) is 0.0400. The van der Waals surface area contributed by atoms with Crippen LogP contribution in [-0.4, -0.2) is 33.6 Å². The molecular weight excluding hydrogens is 452 g/mol. The largest absolute Gasteiger partial charge is 0.478 e. The first-order valence-corrected chi connectivity index (χ1v) is 11.1. The van der Waals surface area contributed by atoms with Crippen LogP contribution in [0.3, 0.4) is 0 Å². The number of nitriles is 1. The van der Waals surface area contributed by atoms with Crippen LogP contribution in [0, 0.1) is 11.3 Å². The first-order chi connectivity index (χ1) is 16.4. The van der Waals surface area contributed by atoms with E-state index in [9.17, 15) is 19.5 Å². The maximum absolute atomic E-state index is 12.8. The molecule has 0 saturated carbocycles. The van der Waals surface area contributed by atoms with E-state index in [-0.39, 0.29) is 34.2 Å². The summed E-state index contributed by atoms with van der Waals surface area (Å²) in [7, 11) is 0. The molecule has 168 valence electrons. The van der Waals surface area contributed by atoms with Crippen molar-refractivity contribution in [3.63, 3.8) is 0 Å². The number of aromatic amines is 1. The highest BCUT2D eigenvalue weighted by Crippen LogP contribution is 2.26. The van der Waals surface area contributed by atoms with Crippen molar-refractivity contribution in [3.05, 3.63) is 89.6 Å². The van der Waals surface area contributed by atoms with Crippen LogP contribution in [0.5, 0.6) is 0 Å². The van der Waals surface area contributed by atoms with Crippen molar-refractivity contribution in [2.75, 3.05) is 16.4 Å². The van der Waals surface area contributed by atoms with Crippen LogP contribution < -0.4 is 10.6 Å². The molecule has 0 saturated heterocycles. The second-order valence-electron chi connectivity index (χ2n) is 7.23. The first kappa shape index (κ1) is 22.6. The molecule has 4 N–H and O–H groups in total. The van der Waals surface area contributed by atoms with E-state index in [4.69, 9.17) is 5.26 Å². The Balaban J connectivity index is 1.51. The number of carboxylic acid groups (broad SMARTS) is 1. The number of H-pyrrole nitrogens is 1. The third-order valence-electron chi connectivity index (χ3n) is 4.92. The van der Waals surface area contributed by atoms with Crippen LogP contribution in [0.2, 0.25) is 0 Å². The number of fused-ring (bicyclic) bond motifs is 1. The molecule has 4 aromatic rings. The van der Waals surface area contributed by atoms with Crippen molar-refractivity contribution in [1.29, 1.82) is 5.26 Å². The average molecular weight is 471 g/mol. The number of nitrogens with zero attached hydrogens (tertiary/aromatic N) is 1. The van der Waals surface area contributed by atoms with E-state index in [0.29, 0.717) is 16.6 Å². The Morgan fingerprint density at radius 2 is 1.74 bits per heavy atom. The number of anilines is 2. The number of carbonyl (C=O) groups is 3. The first-order valence-electron chi connectivity index (χ1n) is 10.1. The number of benzene rings is 3. The van der Waals surface area contributed by atoms with Gasteiger partial charge in [-0.15, -0.1) is 11.8 Å². The summed E-state index contributed by atoms with van der Waals surface area (Å²) < 4.78 is 0. The number of nitrogens with one attached hydrogen (secondary N) is 3. The molecule has 9 heteroatoms. The molecular formula is C25H18N4O4S. The van der Waals surface area contributed by atoms with E-state index < -0.39 is 11.9 Å². The van der Waals surface area contributed by atoms with Gasteiger partial charge in [-0.2, -0.15) is 5.26 Å². The normalized spacial score (nSPS) is 10.4. The summed E-state index contributed by atoms with van der Waals surface area (Å²) in [5.74, 6) is -1.78. The van der Waals surface area contributed by atoms with Gasteiger partial charge in [0.05, 0.1) is 39.8 Å². The lowest BCUT2D eigenvalue weighted by Gasteiger charge is -2.08.